The third-order valence-electron chi connectivity index (χ3n) is 3.29. The van der Waals surface area contributed by atoms with Gasteiger partial charge in [0, 0.05) is 0 Å². The minimum atomic E-state index is -3.56. The van der Waals surface area contributed by atoms with E-state index in [9.17, 15) is 13.2 Å². The minimum Gasteiger partial charge on any atom is -0.463 e. The molecule has 0 aliphatic heterocycles. The standard InChI is InChI=1S/C13H17NO4S/c15-10-18-13-9-5-4-8-12(13)14-19(16,17)11-6-2-1-3-7-11/h1-3,6-7,10,12-14H,4-5,8-9H2. The van der Waals surface area contributed by atoms with E-state index >= 15 is 0 Å². The van der Waals surface area contributed by atoms with E-state index in [1.807, 2.05) is 0 Å². The number of sulfonamides is 1. The van der Waals surface area contributed by atoms with E-state index < -0.39 is 10.0 Å². The van der Waals surface area contributed by atoms with E-state index in [2.05, 4.69) is 4.72 Å². The van der Waals surface area contributed by atoms with Gasteiger partial charge in [-0.2, -0.15) is 0 Å². The smallest absolute Gasteiger partial charge is 0.293 e. The van der Waals surface area contributed by atoms with Crippen LogP contribution in [-0.2, 0) is 19.6 Å². The van der Waals surface area contributed by atoms with Crippen molar-refractivity contribution in [3.05, 3.63) is 30.3 Å². The Kier molecular flexibility index (Phi) is 4.55. The molecule has 0 bridgehead atoms. The molecule has 1 N–H and O–H groups in total. The van der Waals surface area contributed by atoms with Gasteiger partial charge in [-0.15, -0.1) is 0 Å². The summed E-state index contributed by atoms with van der Waals surface area (Å²) in [5, 5.41) is 0. The van der Waals surface area contributed by atoms with Gasteiger partial charge in [0.1, 0.15) is 6.10 Å². The van der Waals surface area contributed by atoms with E-state index in [1.165, 1.54) is 0 Å². The number of carbonyl (C=O) groups excluding carboxylic acids is 1. The van der Waals surface area contributed by atoms with Crippen LogP contribution in [0.25, 0.3) is 0 Å². The third kappa shape index (κ3) is 3.54. The molecule has 1 aliphatic carbocycles. The summed E-state index contributed by atoms with van der Waals surface area (Å²) in [6.45, 7) is 0.389. The predicted molar refractivity (Wildman–Crippen MR) is 70.0 cm³/mol. The lowest BCUT2D eigenvalue weighted by molar-refractivity contribution is -0.136. The third-order valence-corrected chi connectivity index (χ3v) is 4.80. The molecule has 1 saturated carbocycles. The molecular weight excluding hydrogens is 266 g/mol. The molecule has 19 heavy (non-hydrogen) atoms. The zero-order valence-corrected chi connectivity index (χ0v) is 11.3. The summed E-state index contributed by atoms with van der Waals surface area (Å²) < 4.78 is 32.0. The van der Waals surface area contributed by atoms with Crippen LogP contribution in [0, 0.1) is 0 Å². The summed E-state index contributed by atoms with van der Waals surface area (Å²) >= 11 is 0. The fourth-order valence-corrected chi connectivity index (χ4v) is 3.65. The number of hydrogen-bond acceptors (Lipinski definition) is 4. The summed E-state index contributed by atoms with van der Waals surface area (Å²) in [6, 6.07) is 7.85. The van der Waals surface area contributed by atoms with Gasteiger partial charge in [0.15, 0.2) is 0 Å². The average molecular weight is 283 g/mol. The summed E-state index contributed by atoms with van der Waals surface area (Å²) in [5.41, 5.74) is 0. The van der Waals surface area contributed by atoms with Crippen molar-refractivity contribution in [2.45, 2.75) is 42.7 Å². The van der Waals surface area contributed by atoms with Crippen molar-refractivity contribution in [3.63, 3.8) is 0 Å². The van der Waals surface area contributed by atoms with E-state index in [4.69, 9.17) is 4.74 Å². The van der Waals surface area contributed by atoms with Crippen LogP contribution in [0.3, 0.4) is 0 Å². The van der Waals surface area contributed by atoms with Gasteiger partial charge in [-0.25, -0.2) is 13.1 Å². The summed E-state index contributed by atoms with van der Waals surface area (Å²) in [7, 11) is -3.56. The second kappa shape index (κ2) is 6.16. The highest BCUT2D eigenvalue weighted by atomic mass is 32.2. The largest absolute Gasteiger partial charge is 0.463 e. The zero-order chi connectivity index (χ0) is 13.7. The van der Waals surface area contributed by atoms with E-state index in [0.717, 1.165) is 12.8 Å². The van der Waals surface area contributed by atoms with E-state index in [0.29, 0.717) is 19.3 Å². The topological polar surface area (TPSA) is 72.5 Å². The lowest BCUT2D eigenvalue weighted by Crippen LogP contribution is -2.46. The highest BCUT2D eigenvalue weighted by Crippen LogP contribution is 2.22. The van der Waals surface area contributed by atoms with Crippen LogP contribution >= 0.6 is 0 Å². The molecule has 1 aliphatic rings. The summed E-state index contributed by atoms with van der Waals surface area (Å²) in [5.74, 6) is 0. The molecule has 0 radical (unpaired) electrons. The van der Waals surface area contributed by atoms with E-state index in [-0.39, 0.29) is 17.0 Å². The van der Waals surface area contributed by atoms with Gasteiger partial charge in [0.05, 0.1) is 10.9 Å². The van der Waals surface area contributed by atoms with Crippen LogP contribution in [0.15, 0.2) is 35.2 Å². The van der Waals surface area contributed by atoms with Gasteiger partial charge in [0.25, 0.3) is 6.47 Å². The van der Waals surface area contributed by atoms with Crippen molar-refractivity contribution in [1.82, 2.24) is 4.72 Å². The monoisotopic (exact) mass is 283 g/mol. The Labute approximate surface area is 113 Å². The first-order chi connectivity index (χ1) is 9.13. The summed E-state index contributed by atoms with van der Waals surface area (Å²) in [4.78, 5) is 10.7. The van der Waals surface area contributed by atoms with Gasteiger partial charge in [-0.1, -0.05) is 24.6 Å². The van der Waals surface area contributed by atoms with Crippen molar-refractivity contribution in [2.24, 2.45) is 0 Å². The Morgan fingerprint density at radius 2 is 1.84 bits per heavy atom. The van der Waals surface area contributed by atoms with Gasteiger partial charge < -0.3 is 4.74 Å². The number of hydrogen-bond donors (Lipinski definition) is 1. The molecule has 2 unspecified atom stereocenters. The van der Waals surface area contributed by atoms with Crippen LogP contribution < -0.4 is 4.72 Å². The molecule has 1 aromatic rings. The molecule has 1 fully saturated rings. The first-order valence-electron chi connectivity index (χ1n) is 6.30. The summed E-state index contributed by atoms with van der Waals surface area (Å²) in [6.07, 6.45) is 2.89. The highest BCUT2D eigenvalue weighted by Gasteiger charge is 2.30. The zero-order valence-electron chi connectivity index (χ0n) is 10.5. The maximum Gasteiger partial charge on any atom is 0.293 e. The van der Waals surface area contributed by atoms with Crippen LogP contribution in [-0.4, -0.2) is 27.0 Å². The Morgan fingerprint density at radius 1 is 1.16 bits per heavy atom. The van der Waals surface area contributed by atoms with Gasteiger partial charge in [0.2, 0.25) is 10.0 Å². The second-order valence-corrected chi connectivity index (χ2v) is 6.31. The van der Waals surface area contributed by atoms with Crippen molar-refractivity contribution in [2.75, 3.05) is 0 Å². The van der Waals surface area contributed by atoms with Crippen molar-refractivity contribution in [1.29, 1.82) is 0 Å². The first kappa shape index (κ1) is 14.0. The number of rotatable bonds is 5. The van der Waals surface area contributed by atoms with Crippen molar-refractivity contribution < 1.29 is 17.9 Å². The molecule has 2 atom stereocenters. The SMILES string of the molecule is O=COC1CCCCC1NS(=O)(=O)c1ccccc1. The number of carbonyl (C=O) groups is 1. The second-order valence-electron chi connectivity index (χ2n) is 4.60. The number of nitrogens with one attached hydrogen (secondary N) is 1. The molecule has 0 saturated heterocycles. The molecule has 0 aromatic heterocycles. The molecule has 0 heterocycles. The Bertz CT molecular complexity index is 515. The quantitative estimate of drug-likeness (QED) is 0.830. The average Bonchev–Trinajstić information content (AvgIpc) is 2.42. The Balaban J connectivity index is 2.12. The lowest BCUT2D eigenvalue weighted by Gasteiger charge is -2.30. The van der Waals surface area contributed by atoms with Crippen molar-refractivity contribution in [3.8, 4) is 0 Å². The number of ether oxygens (including phenoxy) is 1. The van der Waals surface area contributed by atoms with Crippen molar-refractivity contribution >= 4 is 16.5 Å². The van der Waals surface area contributed by atoms with Gasteiger partial charge in [-0.05, 0) is 31.4 Å². The molecule has 5 nitrogen and oxygen atoms in total. The molecular formula is C13H17NO4S. The minimum absolute atomic E-state index is 0.227. The van der Waals surface area contributed by atoms with Gasteiger partial charge in [-0.3, -0.25) is 4.79 Å². The van der Waals surface area contributed by atoms with Crippen LogP contribution in [0.1, 0.15) is 25.7 Å². The lowest BCUT2D eigenvalue weighted by atomic mass is 9.93. The number of benzene rings is 1. The Hall–Kier alpha value is -1.40. The maximum atomic E-state index is 12.2. The van der Waals surface area contributed by atoms with Crippen LogP contribution in [0.5, 0.6) is 0 Å². The maximum absolute atomic E-state index is 12.2. The molecule has 1 aromatic carbocycles. The first-order valence-corrected chi connectivity index (χ1v) is 7.78. The molecule has 6 heteroatoms. The van der Waals surface area contributed by atoms with Gasteiger partial charge >= 0.3 is 0 Å². The van der Waals surface area contributed by atoms with Crippen LogP contribution in [0.4, 0.5) is 0 Å². The molecule has 0 spiro atoms. The molecule has 0 amide bonds. The Morgan fingerprint density at radius 3 is 2.53 bits per heavy atom. The predicted octanol–water partition coefficient (Wildman–Crippen LogP) is 1.45. The fourth-order valence-electron chi connectivity index (χ4n) is 2.33. The highest BCUT2D eigenvalue weighted by molar-refractivity contribution is 7.89. The van der Waals surface area contributed by atoms with Crippen LogP contribution in [0.2, 0.25) is 0 Å². The fraction of sp³-hybridized carbons (Fsp3) is 0.462. The normalized spacial score (nSPS) is 23.8. The molecule has 2 rings (SSSR count). The molecule has 104 valence electrons. The van der Waals surface area contributed by atoms with E-state index in [1.54, 1.807) is 30.3 Å².